The van der Waals surface area contributed by atoms with Gasteiger partial charge in [-0.15, -0.1) is 0 Å². The molecule has 33 heavy (non-hydrogen) atoms. The fraction of sp³-hybridized carbons (Fsp3) is 0.667. The minimum absolute atomic E-state index is 0.126. The third-order valence-electron chi connectivity index (χ3n) is 9.17. The smallest absolute Gasteiger partial charge is 0.321 e. The molecule has 0 radical (unpaired) electrons. The Balaban J connectivity index is 0.000000219. The molecule has 7 rings (SSSR count). The summed E-state index contributed by atoms with van der Waals surface area (Å²) in [4.78, 5) is 24.4. The number of hydrogen-bond acceptors (Lipinski definition) is 7. The standard InChI is InChI=1S/C20H26N2O2.C4H7NO4/c1-3-10-11-8-14-17-20(12-6-4-5-7-13(12)21(17)2)9-15(16(11)18(20)23)22(14)19(10)24;5-2(4(8)9)1-3(6)7/h4-7,10-11,14-19,23-24H,3,8-9H2,1-2H3;2H,1,5H2,(H,6,7)(H,8,9)/t10-,11+,14-,15-,16?,17-,18+,19+,20?;2-/m00/s1. The van der Waals surface area contributed by atoms with Crippen molar-refractivity contribution in [2.75, 3.05) is 11.9 Å². The lowest BCUT2D eigenvalue weighted by Gasteiger charge is -2.62. The zero-order chi connectivity index (χ0) is 23.8. The number of carbonyl (C=O) groups is 2. The van der Waals surface area contributed by atoms with Gasteiger partial charge in [-0.3, -0.25) is 14.5 Å². The Kier molecular flexibility index (Phi) is 5.24. The molecule has 4 saturated heterocycles. The van der Waals surface area contributed by atoms with Crippen LogP contribution in [0.2, 0.25) is 0 Å². The lowest BCUT2D eigenvalue weighted by molar-refractivity contribution is -0.211. The molecular formula is C24H33N3O6. The first kappa shape index (κ1) is 22.6. The van der Waals surface area contributed by atoms with Gasteiger partial charge in [0, 0.05) is 42.1 Å². The van der Waals surface area contributed by atoms with Gasteiger partial charge in [-0.1, -0.05) is 25.1 Å². The fourth-order valence-electron chi connectivity index (χ4n) is 8.16. The van der Waals surface area contributed by atoms with E-state index in [1.54, 1.807) is 0 Å². The third-order valence-corrected chi connectivity index (χ3v) is 9.17. The third kappa shape index (κ3) is 2.86. The van der Waals surface area contributed by atoms with E-state index in [1.165, 1.54) is 11.3 Å². The Labute approximate surface area is 192 Å². The molecule has 180 valence electrons. The molecule has 9 nitrogen and oxygen atoms in total. The van der Waals surface area contributed by atoms with Gasteiger partial charge in [-0.2, -0.15) is 0 Å². The van der Waals surface area contributed by atoms with Crippen LogP contribution in [-0.4, -0.2) is 80.8 Å². The number of hydrogen-bond donors (Lipinski definition) is 5. The first-order valence-corrected chi connectivity index (χ1v) is 11.8. The van der Waals surface area contributed by atoms with Crippen LogP contribution in [0.15, 0.2) is 24.3 Å². The predicted octanol–water partition coefficient (Wildman–Crippen LogP) is 0.428. The van der Waals surface area contributed by atoms with Crippen LogP contribution in [0.5, 0.6) is 0 Å². The number of aliphatic hydroxyl groups excluding tert-OH is 2. The van der Waals surface area contributed by atoms with E-state index in [0.717, 1.165) is 19.3 Å². The average Bonchev–Trinajstić information content (AvgIpc) is 3.15. The van der Waals surface area contributed by atoms with Gasteiger partial charge in [0.25, 0.3) is 0 Å². The van der Waals surface area contributed by atoms with E-state index in [9.17, 15) is 19.8 Å². The second kappa shape index (κ2) is 7.66. The second-order valence-electron chi connectivity index (χ2n) is 10.3. The Hall–Kier alpha value is -2.20. The van der Waals surface area contributed by atoms with Crippen LogP contribution in [0, 0.1) is 17.8 Å². The molecule has 5 heterocycles. The lowest BCUT2D eigenvalue weighted by Crippen LogP contribution is -2.72. The maximum atomic E-state index is 11.6. The van der Waals surface area contributed by atoms with Crippen LogP contribution in [0.3, 0.4) is 0 Å². The summed E-state index contributed by atoms with van der Waals surface area (Å²) in [5.74, 6) is -1.36. The van der Waals surface area contributed by atoms with Crippen LogP contribution >= 0.6 is 0 Å². The van der Waals surface area contributed by atoms with E-state index < -0.39 is 24.4 Å². The molecule has 5 bridgehead atoms. The summed E-state index contributed by atoms with van der Waals surface area (Å²) < 4.78 is 0. The van der Waals surface area contributed by atoms with Gasteiger partial charge in [-0.05, 0) is 36.8 Å². The van der Waals surface area contributed by atoms with Crippen molar-refractivity contribution in [3.8, 4) is 0 Å². The van der Waals surface area contributed by atoms with Crippen LogP contribution < -0.4 is 10.6 Å². The fourth-order valence-corrected chi connectivity index (χ4v) is 8.16. The molecule has 1 saturated carbocycles. The van der Waals surface area contributed by atoms with E-state index in [1.807, 2.05) is 0 Å². The van der Waals surface area contributed by atoms with Crippen molar-refractivity contribution in [2.45, 2.75) is 74.5 Å². The Morgan fingerprint density at radius 3 is 2.52 bits per heavy atom. The summed E-state index contributed by atoms with van der Waals surface area (Å²) in [6.07, 6.45) is 2.02. The maximum Gasteiger partial charge on any atom is 0.321 e. The highest BCUT2D eigenvalue weighted by atomic mass is 16.4. The van der Waals surface area contributed by atoms with Crippen molar-refractivity contribution in [1.29, 1.82) is 0 Å². The van der Waals surface area contributed by atoms with Crippen LogP contribution in [0.1, 0.15) is 38.2 Å². The molecule has 3 unspecified atom stereocenters. The number of nitrogens with two attached hydrogens (primary N) is 1. The largest absolute Gasteiger partial charge is 0.481 e. The first-order valence-electron chi connectivity index (χ1n) is 11.8. The Morgan fingerprint density at radius 1 is 1.21 bits per heavy atom. The number of aliphatic hydroxyl groups is 2. The molecule has 5 fully saturated rings. The highest BCUT2D eigenvalue weighted by molar-refractivity contribution is 5.80. The summed E-state index contributed by atoms with van der Waals surface area (Å²) >= 11 is 0. The molecule has 1 aromatic rings. The number of para-hydroxylation sites is 1. The molecule has 6 N–H and O–H groups in total. The highest BCUT2D eigenvalue weighted by Crippen LogP contribution is 2.68. The zero-order valence-corrected chi connectivity index (χ0v) is 18.9. The zero-order valence-electron chi connectivity index (χ0n) is 18.9. The number of fused-ring (bicyclic) bond motifs is 2. The summed E-state index contributed by atoms with van der Waals surface area (Å²) in [6, 6.07) is 8.41. The minimum atomic E-state index is -1.29. The molecule has 5 aliphatic heterocycles. The number of aliphatic carboxylic acids is 2. The normalized spacial score (nSPS) is 44.0. The molecule has 1 aliphatic carbocycles. The number of likely N-dealkylation sites (N-methyl/N-ethyl adjacent to an activating group) is 1. The number of carboxylic acid groups (broad SMARTS) is 2. The SMILES string of the molecule is CC[C@@H]1[C@@H](O)N2[C@H]3CC45c6ccccc6N(C)[C@H]4[C@@H]2C[C@H]1C3[C@H]5O.N[C@@H](CC(=O)O)C(=O)O. The molecule has 0 aromatic heterocycles. The monoisotopic (exact) mass is 459 g/mol. The predicted molar refractivity (Wildman–Crippen MR) is 120 cm³/mol. The van der Waals surface area contributed by atoms with Gasteiger partial charge < -0.3 is 31.1 Å². The van der Waals surface area contributed by atoms with Gasteiger partial charge in [-0.25, -0.2) is 0 Å². The molecule has 11 atom stereocenters. The number of benzene rings is 1. The van der Waals surface area contributed by atoms with Crippen LogP contribution in [0.4, 0.5) is 5.69 Å². The molecule has 6 aliphatic rings. The van der Waals surface area contributed by atoms with Gasteiger partial charge in [0.05, 0.1) is 18.6 Å². The number of carboxylic acids is 2. The lowest BCUT2D eigenvalue weighted by atomic mass is 9.62. The Bertz CT molecular complexity index is 973. The number of anilines is 1. The Morgan fingerprint density at radius 2 is 1.91 bits per heavy atom. The molecule has 0 amide bonds. The molecule has 1 spiro atoms. The van der Waals surface area contributed by atoms with Crippen molar-refractivity contribution >= 4 is 17.6 Å². The van der Waals surface area contributed by atoms with Crippen LogP contribution in [0.25, 0.3) is 0 Å². The van der Waals surface area contributed by atoms with Crippen molar-refractivity contribution in [3.63, 3.8) is 0 Å². The van der Waals surface area contributed by atoms with E-state index >= 15 is 0 Å². The number of nitrogens with zero attached hydrogens (tertiary/aromatic N) is 2. The first-order chi connectivity index (χ1) is 15.6. The second-order valence-corrected chi connectivity index (χ2v) is 10.3. The van der Waals surface area contributed by atoms with Crippen molar-refractivity contribution in [1.82, 2.24) is 4.90 Å². The van der Waals surface area contributed by atoms with Crippen LogP contribution in [-0.2, 0) is 15.0 Å². The average molecular weight is 460 g/mol. The maximum absolute atomic E-state index is 11.6. The topological polar surface area (TPSA) is 148 Å². The molecular weight excluding hydrogens is 426 g/mol. The summed E-state index contributed by atoms with van der Waals surface area (Å²) in [7, 11) is 2.19. The van der Waals surface area contributed by atoms with E-state index in [0.29, 0.717) is 35.9 Å². The highest BCUT2D eigenvalue weighted by Gasteiger charge is 2.76. The van der Waals surface area contributed by atoms with Gasteiger partial charge >= 0.3 is 11.9 Å². The van der Waals surface area contributed by atoms with E-state index in [2.05, 4.69) is 48.0 Å². The van der Waals surface area contributed by atoms with Gasteiger partial charge in [0.1, 0.15) is 12.3 Å². The van der Waals surface area contributed by atoms with Gasteiger partial charge in [0.2, 0.25) is 0 Å². The van der Waals surface area contributed by atoms with E-state index in [4.69, 9.17) is 15.9 Å². The van der Waals surface area contributed by atoms with Gasteiger partial charge in [0.15, 0.2) is 0 Å². The summed E-state index contributed by atoms with van der Waals surface area (Å²) in [5, 5.41) is 38.7. The summed E-state index contributed by atoms with van der Waals surface area (Å²) in [6.45, 7) is 2.19. The number of piperidine rings is 4. The van der Waals surface area contributed by atoms with Crippen molar-refractivity contribution in [2.24, 2.45) is 23.5 Å². The number of rotatable bonds is 4. The van der Waals surface area contributed by atoms with Crippen molar-refractivity contribution in [3.05, 3.63) is 29.8 Å². The van der Waals surface area contributed by atoms with Crippen molar-refractivity contribution < 1.29 is 30.0 Å². The van der Waals surface area contributed by atoms with E-state index in [-0.39, 0.29) is 17.7 Å². The minimum Gasteiger partial charge on any atom is -0.481 e. The summed E-state index contributed by atoms with van der Waals surface area (Å²) in [5.41, 5.74) is 7.35. The quantitative estimate of drug-likeness (QED) is 0.432. The molecule has 1 aromatic carbocycles. The molecule has 9 heteroatoms.